The molecule has 0 aliphatic rings. The number of fused-ring (bicyclic) bond motifs is 1. The topological polar surface area (TPSA) is 34.0 Å². The molecule has 1 heterocycles. The Morgan fingerprint density at radius 2 is 1.72 bits per heavy atom. The molecule has 3 aromatic rings. The van der Waals surface area contributed by atoms with Crippen molar-refractivity contribution >= 4 is 24.9 Å². The Balaban J connectivity index is 1.62. The van der Waals surface area contributed by atoms with Gasteiger partial charge >= 0.3 is 0 Å². The third kappa shape index (κ3) is 6.19. The minimum atomic E-state index is -1.21. The average molecular weight is 405 g/mol. The fraction of sp³-hybridized carbons (Fsp3) is 0.320. The lowest BCUT2D eigenvalue weighted by Crippen LogP contribution is -2.27. The summed E-state index contributed by atoms with van der Waals surface area (Å²) in [6.07, 6.45) is 3.50. The Labute approximate surface area is 175 Å². The Bertz CT molecular complexity index is 983. The first-order valence-corrected chi connectivity index (χ1v) is 14.1. The van der Waals surface area contributed by atoms with Gasteiger partial charge in [-0.05, 0) is 29.7 Å². The molecule has 4 heteroatoms. The van der Waals surface area contributed by atoms with Gasteiger partial charge in [0.05, 0.1) is 0 Å². The number of hydrogen-bond donors (Lipinski definition) is 1. The number of benzene rings is 2. The molecular formula is C25H32N2OSi. The summed E-state index contributed by atoms with van der Waals surface area (Å²) < 4.78 is 2.30. The molecule has 0 fully saturated rings. The van der Waals surface area contributed by atoms with Crippen molar-refractivity contribution in [3.8, 4) is 0 Å². The highest BCUT2D eigenvalue weighted by atomic mass is 28.3. The van der Waals surface area contributed by atoms with Gasteiger partial charge < -0.3 is 9.88 Å². The number of carbonyl (C=O) groups is 1. The minimum absolute atomic E-state index is 0.0845. The van der Waals surface area contributed by atoms with E-state index in [4.69, 9.17) is 0 Å². The third-order valence-electron chi connectivity index (χ3n) is 4.97. The average Bonchev–Trinajstić information content (AvgIpc) is 2.99. The number of rotatable bonds is 9. The van der Waals surface area contributed by atoms with Crippen LogP contribution in [-0.4, -0.2) is 25.1 Å². The van der Waals surface area contributed by atoms with Crippen LogP contribution in [0.5, 0.6) is 0 Å². The maximum Gasteiger partial charge on any atom is 0.224 e. The van der Waals surface area contributed by atoms with Crippen LogP contribution >= 0.6 is 0 Å². The Morgan fingerprint density at radius 3 is 2.45 bits per heavy atom. The summed E-state index contributed by atoms with van der Waals surface area (Å²) in [5, 5.41) is 4.34. The second-order valence-corrected chi connectivity index (χ2v) is 14.5. The van der Waals surface area contributed by atoms with Crippen LogP contribution in [0.25, 0.3) is 10.9 Å². The van der Waals surface area contributed by atoms with Crippen LogP contribution in [0.15, 0.2) is 72.9 Å². The third-order valence-corrected chi connectivity index (χ3v) is 6.53. The quantitative estimate of drug-likeness (QED) is 0.364. The lowest BCUT2D eigenvalue weighted by atomic mass is 10.1. The van der Waals surface area contributed by atoms with E-state index < -0.39 is 8.07 Å². The summed E-state index contributed by atoms with van der Waals surface area (Å²) in [6, 6.07) is 20.0. The van der Waals surface area contributed by atoms with Crippen molar-refractivity contribution in [2.24, 2.45) is 0 Å². The molecule has 1 aromatic heterocycles. The maximum atomic E-state index is 12.3. The van der Waals surface area contributed by atoms with Crippen molar-refractivity contribution in [1.82, 2.24) is 9.88 Å². The molecule has 0 aliphatic heterocycles. The van der Waals surface area contributed by atoms with Gasteiger partial charge in [-0.15, -0.1) is 0 Å². The number of carbonyl (C=O) groups excluding carboxylic acids is 1. The number of aromatic nitrogens is 1. The predicted octanol–water partition coefficient (Wildman–Crippen LogP) is 5.63. The van der Waals surface area contributed by atoms with E-state index in [1.807, 2.05) is 6.07 Å². The highest BCUT2D eigenvalue weighted by molar-refractivity contribution is 6.76. The van der Waals surface area contributed by atoms with Crippen LogP contribution in [0.3, 0.4) is 0 Å². The zero-order valence-electron chi connectivity index (χ0n) is 17.9. The van der Waals surface area contributed by atoms with Gasteiger partial charge in [-0.2, -0.15) is 0 Å². The smallest absolute Gasteiger partial charge is 0.224 e. The predicted molar refractivity (Wildman–Crippen MR) is 126 cm³/mol. The molecule has 1 amide bonds. The zero-order valence-corrected chi connectivity index (χ0v) is 18.9. The zero-order chi connectivity index (χ0) is 20.9. The van der Waals surface area contributed by atoms with E-state index in [0.29, 0.717) is 13.0 Å². The van der Waals surface area contributed by atoms with E-state index in [1.165, 1.54) is 22.0 Å². The lowest BCUT2D eigenvalue weighted by Gasteiger charge is -2.17. The Kier molecular flexibility index (Phi) is 6.75. The van der Waals surface area contributed by atoms with Crippen LogP contribution < -0.4 is 5.32 Å². The molecular weight excluding hydrogens is 372 g/mol. The van der Waals surface area contributed by atoms with Crippen LogP contribution in [-0.2, 0) is 17.8 Å². The molecule has 0 bridgehead atoms. The van der Waals surface area contributed by atoms with Crippen LogP contribution in [0.1, 0.15) is 17.5 Å². The fourth-order valence-electron chi connectivity index (χ4n) is 3.87. The number of amides is 1. The van der Waals surface area contributed by atoms with Crippen LogP contribution in [0, 0.1) is 0 Å². The minimum Gasteiger partial charge on any atom is -0.355 e. The monoisotopic (exact) mass is 404 g/mol. The molecule has 3 rings (SSSR count). The summed E-state index contributed by atoms with van der Waals surface area (Å²) in [5.74, 6) is 0.0845. The Morgan fingerprint density at radius 1 is 1.03 bits per heavy atom. The van der Waals surface area contributed by atoms with Crippen LogP contribution in [0.2, 0.25) is 25.7 Å². The fourth-order valence-corrected chi connectivity index (χ4v) is 5.50. The van der Waals surface area contributed by atoms with Crippen molar-refractivity contribution < 1.29 is 4.79 Å². The molecule has 0 unspecified atom stereocenters. The summed E-state index contributed by atoms with van der Waals surface area (Å²) >= 11 is 0. The molecule has 0 saturated carbocycles. The number of nitrogens with zero attached hydrogens (tertiary/aromatic N) is 1. The number of hydrogen-bond acceptors (Lipinski definition) is 1. The Hall–Kier alpha value is -2.59. The van der Waals surface area contributed by atoms with E-state index >= 15 is 0 Å². The van der Waals surface area contributed by atoms with Crippen molar-refractivity contribution in [2.75, 3.05) is 6.54 Å². The molecule has 0 aliphatic carbocycles. The second kappa shape index (κ2) is 9.27. The molecule has 2 aromatic carbocycles. The first-order chi connectivity index (χ1) is 13.8. The number of para-hydroxylation sites is 1. The van der Waals surface area contributed by atoms with E-state index in [9.17, 15) is 4.79 Å². The van der Waals surface area contributed by atoms with Gasteiger partial charge in [0.1, 0.15) is 0 Å². The van der Waals surface area contributed by atoms with E-state index in [1.54, 1.807) is 0 Å². The van der Waals surface area contributed by atoms with Gasteiger partial charge in [0.2, 0.25) is 5.91 Å². The van der Waals surface area contributed by atoms with Crippen molar-refractivity contribution in [3.05, 3.63) is 84.1 Å². The van der Waals surface area contributed by atoms with Gasteiger partial charge in [0.25, 0.3) is 0 Å². The van der Waals surface area contributed by atoms with Gasteiger partial charge in [0.15, 0.2) is 0 Å². The highest BCUT2D eigenvalue weighted by Gasteiger charge is 2.16. The van der Waals surface area contributed by atoms with Crippen LogP contribution in [0.4, 0.5) is 0 Å². The summed E-state index contributed by atoms with van der Waals surface area (Å²) in [5.41, 5.74) is 4.86. The van der Waals surface area contributed by atoms with E-state index in [0.717, 1.165) is 24.6 Å². The molecule has 0 atom stereocenters. The normalized spacial score (nSPS) is 11.6. The SMILES string of the molecule is C=C(CC(=O)NCCc1cn(Cc2ccccc2)c2ccccc12)C[Si](C)(C)C. The van der Waals surface area contributed by atoms with E-state index in [2.05, 4.69) is 90.8 Å². The van der Waals surface area contributed by atoms with Gasteiger partial charge in [0, 0.05) is 44.7 Å². The summed E-state index contributed by atoms with van der Waals surface area (Å²) in [4.78, 5) is 12.3. The maximum absolute atomic E-state index is 12.3. The largest absolute Gasteiger partial charge is 0.355 e. The molecule has 0 saturated heterocycles. The number of nitrogens with one attached hydrogen (secondary N) is 1. The molecule has 3 nitrogen and oxygen atoms in total. The standard InChI is InChI=1S/C25H32N2OSi/c1-20(19-29(2,3)4)16-25(28)26-15-14-22-18-27(17-21-10-6-5-7-11-21)24-13-9-8-12-23(22)24/h5-13,18H,1,14-17,19H2,2-4H3,(H,26,28). The van der Waals surface area contributed by atoms with Gasteiger partial charge in [-0.1, -0.05) is 80.3 Å². The lowest BCUT2D eigenvalue weighted by molar-refractivity contribution is -0.120. The molecule has 0 radical (unpaired) electrons. The molecule has 29 heavy (non-hydrogen) atoms. The van der Waals surface area contributed by atoms with Gasteiger partial charge in [-0.25, -0.2) is 0 Å². The van der Waals surface area contributed by atoms with Crippen molar-refractivity contribution in [3.63, 3.8) is 0 Å². The first kappa shape index (κ1) is 21.1. The summed E-state index contributed by atoms with van der Waals surface area (Å²) in [6.45, 7) is 12.5. The molecule has 1 N–H and O–H groups in total. The first-order valence-electron chi connectivity index (χ1n) is 10.4. The van der Waals surface area contributed by atoms with Gasteiger partial charge in [-0.3, -0.25) is 4.79 Å². The molecule has 0 spiro atoms. The van der Waals surface area contributed by atoms with Crippen molar-refractivity contribution in [1.29, 1.82) is 0 Å². The second-order valence-electron chi connectivity index (χ2n) is 9.05. The molecule has 152 valence electrons. The summed E-state index contributed by atoms with van der Waals surface area (Å²) in [7, 11) is -1.21. The van der Waals surface area contributed by atoms with Crippen molar-refractivity contribution in [2.45, 2.75) is 45.1 Å². The van der Waals surface area contributed by atoms with E-state index in [-0.39, 0.29) is 5.91 Å². The highest BCUT2D eigenvalue weighted by Crippen LogP contribution is 2.23.